The molecule has 0 saturated heterocycles. The summed E-state index contributed by atoms with van der Waals surface area (Å²) in [6.45, 7) is 0. The fraction of sp³-hybridized carbons (Fsp3) is 0. The van der Waals surface area contributed by atoms with Gasteiger partial charge in [0.05, 0.1) is 11.0 Å². The topological polar surface area (TPSA) is 70.7 Å². The summed E-state index contributed by atoms with van der Waals surface area (Å²) in [5.74, 6) is 0. The van der Waals surface area contributed by atoms with Crippen molar-refractivity contribution in [1.82, 2.24) is 14.5 Å². The zero-order valence-corrected chi connectivity index (χ0v) is 39.1. The molecule has 0 unspecified atom stereocenters. The molecule has 0 aliphatic heterocycles. The van der Waals surface area contributed by atoms with E-state index < -0.39 is 0 Å². The van der Waals surface area contributed by atoms with Crippen LogP contribution in [0.5, 0.6) is 0 Å². The fourth-order valence-corrected chi connectivity index (χ4v) is 12.4. The van der Waals surface area contributed by atoms with Crippen molar-refractivity contribution in [3.63, 3.8) is 0 Å². The van der Waals surface area contributed by atoms with Crippen LogP contribution in [0.15, 0.2) is 234 Å². The minimum Gasteiger partial charge on any atom is -0.354 e. The highest BCUT2D eigenvalue weighted by Gasteiger charge is 2.24. The molecule has 13 aromatic carbocycles. The van der Waals surface area contributed by atoms with Crippen LogP contribution in [0.4, 0.5) is 0 Å². The summed E-state index contributed by atoms with van der Waals surface area (Å²) in [6.07, 6.45) is 0. The molecule has 0 spiro atoms. The predicted molar refractivity (Wildman–Crippen MR) is 306 cm³/mol. The zero-order chi connectivity index (χ0) is 48.1. The first-order valence-corrected chi connectivity index (χ1v) is 24.8. The Morgan fingerprint density at radius 2 is 0.753 bits per heavy atom. The second kappa shape index (κ2) is 14.8. The maximum Gasteiger partial charge on any atom is 0.194 e. The molecule has 16 rings (SSSR count). The number of fused-ring (bicyclic) bond motifs is 15. The monoisotopic (exact) mass is 929 g/mol. The average Bonchev–Trinajstić information content (AvgIpc) is 4.26. The summed E-state index contributed by atoms with van der Waals surface area (Å²) in [5.41, 5.74) is 15.5. The molecule has 338 valence electrons. The second-order valence-corrected chi connectivity index (χ2v) is 19.6. The quantitative estimate of drug-likeness (QED) is 0.180. The lowest BCUT2D eigenvalue weighted by Crippen LogP contribution is -2.00. The summed E-state index contributed by atoms with van der Waals surface area (Å²) in [6, 6.07) is 78.7. The van der Waals surface area contributed by atoms with Crippen LogP contribution in [-0.4, -0.2) is 14.5 Å². The normalized spacial score (nSPS) is 12.2. The van der Waals surface area contributed by atoms with Crippen molar-refractivity contribution < 1.29 is 0 Å². The van der Waals surface area contributed by atoms with E-state index in [1.54, 1.807) is 0 Å². The van der Waals surface area contributed by atoms with Crippen molar-refractivity contribution in [3.8, 4) is 50.2 Å². The molecule has 0 radical (unpaired) electrons. The van der Waals surface area contributed by atoms with Crippen molar-refractivity contribution in [2.45, 2.75) is 0 Å². The van der Waals surface area contributed by atoms with Gasteiger partial charge in [0.1, 0.15) is 0 Å². The minimum absolute atomic E-state index is 0.0753. The Morgan fingerprint density at radius 1 is 0.274 bits per heavy atom. The van der Waals surface area contributed by atoms with Crippen LogP contribution in [0.1, 0.15) is 0 Å². The van der Waals surface area contributed by atoms with Gasteiger partial charge in [0.2, 0.25) is 0 Å². The number of nitrogens with zero attached hydrogens (tertiary/aromatic N) is 1. The number of hydrogen-bond donors (Lipinski definition) is 2. The van der Waals surface area contributed by atoms with Gasteiger partial charge in [-0.1, -0.05) is 152 Å². The highest BCUT2D eigenvalue weighted by molar-refractivity contribution is 6.25. The molecule has 0 aliphatic carbocycles. The molecular formula is C68H39N3O2. The van der Waals surface area contributed by atoms with Crippen molar-refractivity contribution in [2.75, 3.05) is 0 Å². The summed E-state index contributed by atoms with van der Waals surface area (Å²) in [7, 11) is 0. The first-order valence-electron chi connectivity index (χ1n) is 24.8. The van der Waals surface area contributed by atoms with E-state index in [9.17, 15) is 4.79 Å². The van der Waals surface area contributed by atoms with Crippen LogP contribution in [0.3, 0.4) is 0 Å². The van der Waals surface area contributed by atoms with Gasteiger partial charge in [-0.25, -0.2) is 0 Å². The number of hydrogen-bond acceptors (Lipinski definition) is 2. The summed E-state index contributed by atoms with van der Waals surface area (Å²) >= 11 is 0. The SMILES string of the molecule is O=c1c2cc(-n3c4ccc(-c5ccccc5)cc4c4cc(-c5ccccc5)ccc43)ccc2c2cc3c(cc12)c(=O)c1c(-c2ccc4c(c2)[nH]c2ccccc24)c(-c2ccc4c(c2)[nH]c2ccccc24)ccc13. The average molecular weight is 930 g/mol. The maximum absolute atomic E-state index is 15.3. The second-order valence-electron chi connectivity index (χ2n) is 19.6. The fourth-order valence-electron chi connectivity index (χ4n) is 12.4. The Balaban J connectivity index is 0.899. The number of para-hydroxylation sites is 2. The number of nitrogens with one attached hydrogen (secondary N) is 2. The Labute approximate surface area is 416 Å². The van der Waals surface area contributed by atoms with E-state index in [4.69, 9.17) is 0 Å². The maximum atomic E-state index is 15.3. The molecule has 0 aliphatic rings. The Kier molecular flexibility index (Phi) is 8.12. The van der Waals surface area contributed by atoms with E-state index in [2.05, 4.69) is 209 Å². The number of H-pyrrole nitrogens is 2. The minimum atomic E-state index is -0.0763. The molecule has 3 heterocycles. The Morgan fingerprint density at radius 3 is 1.40 bits per heavy atom. The number of aromatic nitrogens is 3. The number of rotatable bonds is 5. The largest absolute Gasteiger partial charge is 0.354 e. The van der Waals surface area contributed by atoms with Gasteiger partial charge in [-0.05, 0) is 133 Å². The zero-order valence-electron chi connectivity index (χ0n) is 39.1. The van der Waals surface area contributed by atoms with Crippen molar-refractivity contribution in [2.24, 2.45) is 0 Å². The van der Waals surface area contributed by atoms with Crippen molar-refractivity contribution in [3.05, 3.63) is 245 Å². The van der Waals surface area contributed by atoms with Gasteiger partial charge >= 0.3 is 0 Å². The van der Waals surface area contributed by atoms with Crippen LogP contribution >= 0.6 is 0 Å². The van der Waals surface area contributed by atoms with Gasteiger partial charge in [-0.3, -0.25) is 9.59 Å². The highest BCUT2D eigenvalue weighted by Crippen LogP contribution is 2.44. The molecule has 5 nitrogen and oxygen atoms in total. The van der Waals surface area contributed by atoms with Crippen molar-refractivity contribution in [1.29, 1.82) is 0 Å². The van der Waals surface area contributed by atoms with Gasteiger partial charge in [-0.2, -0.15) is 0 Å². The Hall–Kier alpha value is -9.84. The van der Waals surface area contributed by atoms with Crippen LogP contribution in [0, 0.1) is 0 Å². The lowest BCUT2D eigenvalue weighted by atomic mass is 9.90. The highest BCUT2D eigenvalue weighted by atomic mass is 16.1. The molecular weight excluding hydrogens is 891 g/mol. The molecule has 0 bridgehead atoms. The third-order valence-corrected chi connectivity index (χ3v) is 15.8. The van der Waals surface area contributed by atoms with Crippen LogP contribution in [0.25, 0.3) is 159 Å². The molecule has 0 fully saturated rings. The van der Waals surface area contributed by atoms with E-state index in [-0.39, 0.29) is 10.9 Å². The summed E-state index contributed by atoms with van der Waals surface area (Å²) in [4.78, 5) is 37.5. The number of aromatic amines is 2. The van der Waals surface area contributed by atoms with Gasteiger partial charge in [0, 0.05) is 87.2 Å². The lowest BCUT2D eigenvalue weighted by Gasteiger charge is -2.13. The predicted octanol–water partition coefficient (Wildman–Crippen LogP) is 16.9. The smallest absolute Gasteiger partial charge is 0.194 e. The van der Waals surface area contributed by atoms with Crippen LogP contribution in [-0.2, 0) is 0 Å². The van der Waals surface area contributed by atoms with Crippen LogP contribution < -0.4 is 10.9 Å². The first-order chi connectivity index (χ1) is 36.0. The van der Waals surface area contributed by atoms with Gasteiger partial charge in [0.15, 0.2) is 10.9 Å². The lowest BCUT2D eigenvalue weighted by molar-refractivity contribution is 1.19. The number of benzene rings is 11. The summed E-state index contributed by atoms with van der Waals surface area (Å²) in [5, 5.41) is 12.7. The molecule has 2 N–H and O–H groups in total. The van der Waals surface area contributed by atoms with E-state index in [1.165, 1.54) is 5.39 Å². The standard InChI is InChI=1S/C68H39N3O2/c72-67-56-35-44(71-63-29-21-40(38-11-3-1-4-12-38)31-54(63)55-32-41(22-30-64(55)71)39-13-5-2-6-14-39)23-26-46(56)52-36-53-51-28-27-45(42-19-24-49-47-15-7-9-17-59(47)69-61(49)33-42)65(66(51)68(73)58(53)37-57(52)67)43-20-25-50-48-16-8-10-18-60(48)70-62(50)34-43/h1-37,69-70H. The van der Waals surface area contributed by atoms with Gasteiger partial charge in [-0.15, -0.1) is 0 Å². The van der Waals surface area contributed by atoms with Gasteiger partial charge < -0.3 is 14.5 Å². The molecule has 0 saturated carbocycles. The molecule has 0 atom stereocenters. The molecule has 16 aromatic rings. The van der Waals surface area contributed by atoms with Crippen molar-refractivity contribution >= 4 is 109 Å². The molecule has 0 amide bonds. The van der Waals surface area contributed by atoms with Gasteiger partial charge in [0.25, 0.3) is 0 Å². The third kappa shape index (κ3) is 5.73. The summed E-state index contributed by atoms with van der Waals surface area (Å²) < 4.78 is 2.28. The first kappa shape index (κ1) is 39.9. The third-order valence-electron chi connectivity index (χ3n) is 15.8. The van der Waals surface area contributed by atoms with E-state index in [0.717, 1.165) is 132 Å². The van der Waals surface area contributed by atoms with E-state index in [1.807, 2.05) is 30.3 Å². The van der Waals surface area contributed by atoms with Crippen LogP contribution in [0.2, 0.25) is 0 Å². The molecule has 3 aromatic heterocycles. The Bertz CT molecular complexity index is 5030. The molecule has 73 heavy (non-hydrogen) atoms. The molecule has 5 heteroatoms. The van der Waals surface area contributed by atoms with E-state index in [0.29, 0.717) is 21.5 Å². The van der Waals surface area contributed by atoms with E-state index >= 15 is 4.79 Å².